The first-order valence-electron chi connectivity index (χ1n) is 12.5. The zero-order valence-electron chi connectivity index (χ0n) is 21.0. The van der Waals surface area contributed by atoms with Crippen molar-refractivity contribution in [3.05, 3.63) is 51.4 Å². The standard InChI is InChI=1S/C24H30F3IN6O4S/c25-18-2-4-21(23(22(18)27)31-20-3-1-16(28)15-19(20)26)32-39(36,37)34-9-5-17(6-10-34)29-7-8-30-24(35)33-11-13-38-14-12-33/h1-4,15,17,29,31-32H,5-14H2,(H,30,35). The van der Waals surface area contributed by atoms with Crippen LogP contribution in [0.1, 0.15) is 12.8 Å². The second-order valence-electron chi connectivity index (χ2n) is 9.10. The number of urea groups is 1. The largest absolute Gasteiger partial charge is 0.378 e. The van der Waals surface area contributed by atoms with Crippen LogP contribution >= 0.6 is 22.6 Å². The van der Waals surface area contributed by atoms with Crippen LogP contribution in [0.25, 0.3) is 0 Å². The number of carbonyl (C=O) groups is 1. The lowest BCUT2D eigenvalue weighted by atomic mass is 10.1. The summed E-state index contributed by atoms with van der Waals surface area (Å²) in [6, 6.07) is 5.94. The second kappa shape index (κ2) is 13.3. The third kappa shape index (κ3) is 7.87. The molecule has 2 aliphatic rings. The highest BCUT2D eigenvalue weighted by atomic mass is 127. The van der Waals surface area contributed by atoms with Crippen LogP contribution in [0.2, 0.25) is 0 Å². The Balaban J connectivity index is 1.30. The monoisotopic (exact) mass is 682 g/mol. The van der Waals surface area contributed by atoms with Crippen molar-refractivity contribution in [2.75, 3.05) is 62.5 Å². The minimum Gasteiger partial charge on any atom is -0.378 e. The van der Waals surface area contributed by atoms with E-state index in [2.05, 4.69) is 20.7 Å². The van der Waals surface area contributed by atoms with Crippen LogP contribution in [0.4, 0.5) is 35.0 Å². The van der Waals surface area contributed by atoms with Crippen LogP contribution in [0.15, 0.2) is 30.3 Å². The van der Waals surface area contributed by atoms with Gasteiger partial charge in [0, 0.05) is 48.9 Å². The molecule has 2 amide bonds. The molecule has 0 unspecified atom stereocenters. The summed E-state index contributed by atoms with van der Waals surface area (Å²) in [5.41, 5.74) is -0.897. The summed E-state index contributed by atoms with van der Waals surface area (Å²) in [6.07, 6.45) is 1.05. The fourth-order valence-electron chi connectivity index (χ4n) is 4.31. The Morgan fingerprint density at radius 3 is 2.36 bits per heavy atom. The van der Waals surface area contributed by atoms with E-state index in [-0.39, 0.29) is 36.5 Å². The minimum absolute atomic E-state index is 0.0566. The van der Waals surface area contributed by atoms with E-state index in [0.29, 0.717) is 55.8 Å². The van der Waals surface area contributed by atoms with Gasteiger partial charge in [-0.15, -0.1) is 0 Å². The SMILES string of the molecule is O=C(NCCNC1CCN(S(=O)(=O)Nc2ccc(F)c(F)c2Nc2ccc(I)cc2F)CC1)N1CCOCC1. The number of ether oxygens (including phenoxy) is 1. The molecule has 2 aliphatic heterocycles. The number of nitrogens with zero attached hydrogens (tertiary/aromatic N) is 2. The van der Waals surface area contributed by atoms with Crippen LogP contribution in [-0.2, 0) is 14.9 Å². The highest BCUT2D eigenvalue weighted by Crippen LogP contribution is 2.33. The molecule has 0 radical (unpaired) electrons. The fraction of sp³-hybridized carbons (Fsp3) is 0.458. The molecule has 0 saturated carbocycles. The predicted octanol–water partition coefficient (Wildman–Crippen LogP) is 3.20. The first kappa shape index (κ1) is 29.6. The lowest BCUT2D eigenvalue weighted by Crippen LogP contribution is -2.49. The topological polar surface area (TPSA) is 115 Å². The summed E-state index contributed by atoms with van der Waals surface area (Å²) in [7, 11) is -4.11. The predicted molar refractivity (Wildman–Crippen MR) is 150 cm³/mol. The number of rotatable bonds is 9. The van der Waals surface area contributed by atoms with Crippen molar-refractivity contribution in [2.24, 2.45) is 0 Å². The van der Waals surface area contributed by atoms with Gasteiger partial charge in [-0.25, -0.2) is 18.0 Å². The number of halogens is 4. The van der Waals surface area contributed by atoms with E-state index in [1.807, 2.05) is 22.6 Å². The maximum atomic E-state index is 14.7. The van der Waals surface area contributed by atoms with Gasteiger partial charge in [-0.2, -0.15) is 12.7 Å². The molecular formula is C24H30F3IN6O4S. The van der Waals surface area contributed by atoms with Crippen molar-refractivity contribution in [3.8, 4) is 0 Å². The molecule has 0 aromatic heterocycles. The van der Waals surface area contributed by atoms with Crippen LogP contribution < -0.4 is 20.7 Å². The number of morpholine rings is 1. The van der Waals surface area contributed by atoms with E-state index in [9.17, 15) is 26.4 Å². The number of piperidine rings is 1. The van der Waals surface area contributed by atoms with Crippen LogP contribution in [-0.4, -0.2) is 82.2 Å². The summed E-state index contributed by atoms with van der Waals surface area (Å²) in [5.74, 6) is -3.24. The molecular weight excluding hydrogens is 652 g/mol. The molecule has 39 heavy (non-hydrogen) atoms. The zero-order valence-corrected chi connectivity index (χ0v) is 24.0. The quantitative estimate of drug-likeness (QED) is 0.239. The molecule has 4 rings (SSSR count). The minimum atomic E-state index is -4.11. The van der Waals surface area contributed by atoms with Gasteiger partial charge in [0.15, 0.2) is 11.6 Å². The summed E-state index contributed by atoms with van der Waals surface area (Å²) in [4.78, 5) is 13.8. The number of benzene rings is 2. The molecule has 0 atom stereocenters. The first-order valence-corrected chi connectivity index (χ1v) is 15.0. The maximum absolute atomic E-state index is 14.7. The van der Waals surface area contributed by atoms with Crippen LogP contribution in [0.5, 0.6) is 0 Å². The summed E-state index contributed by atoms with van der Waals surface area (Å²) < 4.78 is 78.5. The lowest BCUT2D eigenvalue weighted by Gasteiger charge is -2.32. The zero-order chi connectivity index (χ0) is 28.0. The van der Waals surface area contributed by atoms with Crippen molar-refractivity contribution in [1.82, 2.24) is 19.8 Å². The first-order chi connectivity index (χ1) is 18.6. The number of hydrogen-bond donors (Lipinski definition) is 4. The Kier molecular flexibility index (Phi) is 10.1. The number of hydrogen-bond acceptors (Lipinski definition) is 6. The van der Waals surface area contributed by atoms with Crippen molar-refractivity contribution >= 4 is 55.9 Å². The Morgan fingerprint density at radius 2 is 1.67 bits per heavy atom. The van der Waals surface area contributed by atoms with E-state index < -0.39 is 33.3 Å². The van der Waals surface area contributed by atoms with E-state index in [1.165, 1.54) is 16.4 Å². The normalized spacial score (nSPS) is 17.2. The molecule has 4 N–H and O–H groups in total. The molecule has 2 saturated heterocycles. The average molecular weight is 683 g/mol. The fourth-order valence-corrected chi connectivity index (χ4v) is 6.03. The van der Waals surface area contributed by atoms with Gasteiger partial charge >= 0.3 is 16.2 Å². The van der Waals surface area contributed by atoms with Gasteiger partial charge in [0.25, 0.3) is 0 Å². The number of amides is 2. The average Bonchev–Trinajstić information content (AvgIpc) is 2.92. The van der Waals surface area contributed by atoms with Gasteiger partial charge < -0.3 is 25.6 Å². The molecule has 0 aliphatic carbocycles. The highest BCUT2D eigenvalue weighted by Gasteiger charge is 2.29. The van der Waals surface area contributed by atoms with Crippen LogP contribution in [0.3, 0.4) is 0 Å². The Labute approximate surface area is 239 Å². The second-order valence-corrected chi connectivity index (χ2v) is 12.0. The van der Waals surface area contributed by atoms with Crippen molar-refractivity contribution < 1.29 is 31.1 Å². The van der Waals surface area contributed by atoms with Gasteiger partial charge in [-0.05, 0) is 65.8 Å². The van der Waals surface area contributed by atoms with Gasteiger partial charge in [0.2, 0.25) is 0 Å². The van der Waals surface area contributed by atoms with Crippen LogP contribution in [0, 0.1) is 21.0 Å². The number of anilines is 3. The molecule has 2 aromatic carbocycles. The molecule has 10 nitrogen and oxygen atoms in total. The lowest BCUT2D eigenvalue weighted by molar-refractivity contribution is 0.0532. The molecule has 15 heteroatoms. The number of nitrogens with one attached hydrogen (secondary N) is 4. The molecule has 214 valence electrons. The molecule has 2 fully saturated rings. The van der Waals surface area contributed by atoms with Crippen molar-refractivity contribution in [2.45, 2.75) is 18.9 Å². The maximum Gasteiger partial charge on any atom is 0.317 e. The van der Waals surface area contributed by atoms with E-state index >= 15 is 0 Å². The molecule has 0 bridgehead atoms. The summed E-state index contributed by atoms with van der Waals surface area (Å²) >= 11 is 1.91. The molecule has 0 spiro atoms. The highest BCUT2D eigenvalue weighted by molar-refractivity contribution is 14.1. The Hall–Kier alpha value is -2.34. The van der Waals surface area contributed by atoms with E-state index in [0.717, 1.165) is 12.1 Å². The van der Waals surface area contributed by atoms with Gasteiger partial charge in [0.05, 0.1) is 24.6 Å². The van der Waals surface area contributed by atoms with E-state index in [4.69, 9.17) is 4.74 Å². The van der Waals surface area contributed by atoms with Crippen molar-refractivity contribution in [3.63, 3.8) is 0 Å². The summed E-state index contributed by atoms with van der Waals surface area (Å²) in [5, 5.41) is 8.66. The Morgan fingerprint density at radius 1 is 0.974 bits per heavy atom. The van der Waals surface area contributed by atoms with Gasteiger partial charge in [-0.3, -0.25) is 4.72 Å². The molecule has 2 aromatic rings. The third-order valence-corrected chi connectivity index (χ3v) is 8.64. The van der Waals surface area contributed by atoms with E-state index in [1.54, 1.807) is 11.0 Å². The van der Waals surface area contributed by atoms with Gasteiger partial charge in [0.1, 0.15) is 11.5 Å². The number of carbonyl (C=O) groups excluding carboxylic acids is 1. The van der Waals surface area contributed by atoms with Crippen molar-refractivity contribution in [1.29, 1.82) is 0 Å². The molecule has 2 heterocycles. The third-order valence-electron chi connectivity index (χ3n) is 6.45. The smallest absolute Gasteiger partial charge is 0.317 e. The van der Waals surface area contributed by atoms with Gasteiger partial charge in [-0.1, -0.05) is 0 Å². The Bertz CT molecular complexity index is 1270. The summed E-state index contributed by atoms with van der Waals surface area (Å²) in [6.45, 7) is 3.54.